The van der Waals surface area contributed by atoms with Crippen molar-refractivity contribution >= 4 is 0 Å². The third-order valence-corrected chi connectivity index (χ3v) is 4.08. The van der Waals surface area contributed by atoms with Crippen molar-refractivity contribution in [3.05, 3.63) is 35.8 Å². The van der Waals surface area contributed by atoms with Gasteiger partial charge in [-0.05, 0) is 44.4 Å². The number of phenolic OH excluding ortho intramolecular Hbond substituents is 1. The van der Waals surface area contributed by atoms with Crippen LogP contribution in [0.3, 0.4) is 0 Å². The molecule has 3 rings (SSSR count). The number of aromatic nitrogens is 2. The van der Waals surface area contributed by atoms with E-state index in [0.29, 0.717) is 17.0 Å². The zero-order valence-electron chi connectivity index (χ0n) is 13.4. The predicted molar refractivity (Wildman–Crippen MR) is 86.0 cm³/mol. The topological polar surface area (TPSA) is 55.2 Å². The SMILES string of the molecule is CCCCCc1cc(O)c2c(c1)OC(C)(C)c1nccnc1-2. The smallest absolute Gasteiger partial charge is 0.147 e. The molecule has 0 aliphatic carbocycles. The highest BCUT2D eigenvalue weighted by molar-refractivity contribution is 5.78. The first kappa shape index (κ1) is 14.8. The molecule has 1 aromatic heterocycles. The van der Waals surface area contributed by atoms with Crippen LogP contribution in [-0.4, -0.2) is 15.1 Å². The Kier molecular flexibility index (Phi) is 3.77. The molecule has 0 unspecified atom stereocenters. The highest BCUT2D eigenvalue weighted by atomic mass is 16.5. The van der Waals surface area contributed by atoms with E-state index in [1.807, 2.05) is 26.0 Å². The second-order valence-electron chi connectivity index (χ2n) is 6.31. The molecule has 2 aromatic rings. The summed E-state index contributed by atoms with van der Waals surface area (Å²) in [6, 6.07) is 3.86. The van der Waals surface area contributed by atoms with Crippen molar-refractivity contribution in [2.24, 2.45) is 0 Å². The highest BCUT2D eigenvalue weighted by Crippen LogP contribution is 2.47. The third kappa shape index (κ3) is 2.54. The Morgan fingerprint density at radius 3 is 2.68 bits per heavy atom. The molecule has 4 nitrogen and oxygen atoms in total. The molecule has 1 aromatic carbocycles. The largest absolute Gasteiger partial charge is 0.507 e. The van der Waals surface area contributed by atoms with Gasteiger partial charge in [-0.1, -0.05) is 19.8 Å². The molecule has 0 saturated heterocycles. The maximum atomic E-state index is 10.5. The minimum Gasteiger partial charge on any atom is -0.507 e. The summed E-state index contributed by atoms with van der Waals surface area (Å²) in [6.07, 6.45) is 7.76. The van der Waals surface area contributed by atoms with Crippen molar-refractivity contribution < 1.29 is 9.84 Å². The molecule has 0 fully saturated rings. The van der Waals surface area contributed by atoms with Crippen molar-refractivity contribution in [1.29, 1.82) is 0 Å². The molecule has 0 amide bonds. The van der Waals surface area contributed by atoms with Gasteiger partial charge in [0.1, 0.15) is 28.5 Å². The van der Waals surface area contributed by atoms with E-state index in [-0.39, 0.29) is 5.75 Å². The Hall–Kier alpha value is -2.10. The quantitative estimate of drug-likeness (QED) is 0.859. The van der Waals surface area contributed by atoms with E-state index in [9.17, 15) is 5.11 Å². The molecule has 0 saturated carbocycles. The van der Waals surface area contributed by atoms with Gasteiger partial charge >= 0.3 is 0 Å². The van der Waals surface area contributed by atoms with Gasteiger partial charge in [0.05, 0.1) is 5.56 Å². The van der Waals surface area contributed by atoms with Crippen molar-refractivity contribution in [3.8, 4) is 22.8 Å². The predicted octanol–water partition coefficient (Wildman–Crippen LogP) is 4.21. The molecule has 116 valence electrons. The van der Waals surface area contributed by atoms with Gasteiger partial charge in [-0.25, -0.2) is 0 Å². The van der Waals surface area contributed by atoms with Crippen LogP contribution in [-0.2, 0) is 12.0 Å². The zero-order valence-corrected chi connectivity index (χ0v) is 13.4. The summed E-state index contributed by atoms with van der Waals surface area (Å²) in [7, 11) is 0. The number of nitrogens with zero attached hydrogens (tertiary/aromatic N) is 2. The van der Waals surface area contributed by atoms with Gasteiger partial charge in [0.15, 0.2) is 0 Å². The maximum Gasteiger partial charge on any atom is 0.147 e. The van der Waals surface area contributed by atoms with Crippen molar-refractivity contribution in [2.75, 3.05) is 0 Å². The molecule has 4 heteroatoms. The number of hydrogen-bond donors (Lipinski definition) is 1. The van der Waals surface area contributed by atoms with Crippen LogP contribution in [0.5, 0.6) is 11.5 Å². The van der Waals surface area contributed by atoms with Crippen LogP contribution >= 0.6 is 0 Å². The second-order valence-corrected chi connectivity index (χ2v) is 6.31. The fourth-order valence-electron chi connectivity index (χ4n) is 2.98. The third-order valence-electron chi connectivity index (χ3n) is 4.08. The van der Waals surface area contributed by atoms with Crippen LogP contribution in [0.2, 0.25) is 0 Å². The van der Waals surface area contributed by atoms with Gasteiger partial charge in [-0.2, -0.15) is 0 Å². The Labute approximate surface area is 131 Å². The fraction of sp³-hybridized carbons (Fsp3) is 0.444. The summed E-state index contributed by atoms with van der Waals surface area (Å²) < 4.78 is 6.11. The number of fused-ring (bicyclic) bond motifs is 3. The van der Waals surface area contributed by atoms with Crippen LogP contribution in [0, 0.1) is 0 Å². The number of benzene rings is 1. The first-order chi connectivity index (χ1) is 10.5. The number of aromatic hydroxyl groups is 1. The summed E-state index contributed by atoms with van der Waals surface area (Å²) >= 11 is 0. The van der Waals surface area contributed by atoms with Gasteiger partial charge < -0.3 is 9.84 Å². The summed E-state index contributed by atoms with van der Waals surface area (Å²) in [5.41, 5.74) is 2.68. The Bertz CT molecular complexity index is 695. The van der Waals surface area contributed by atoms with E-state index in [1.165, 1.54) is 12.8 Å². The van der Waals surface area contributed by atoms with E-state index in [1.54, 1.807) is 12.4 Å². The molecule has 1 aliphatic rings. The monoisotopic (exact) mass is 298 g/mol. The van der Waals surface area contributed by atoms with E-state index >= 15 is 0 Å². The Morgan fingerprint density at radius 1 is 1.14 bits per heavy atom. The molecule has 1 aliphatic heterocycles. The van der Waals surface area contributed by atoms with Gasteiger partial charge in [-0.3, -0.25) is 9.97 Å². The molecule has 2 heterocycles. The summed E-state index contributed by atoms with van der Waals surface area (Å²) in [6.45, 7) is 6.14. The van der Waals surface area contributed by atoms with E-state index < -0.39 is 5.60 Å². The lowest BCUT2D eigenvalue weighted by Crippen LogP contribution is -2.31. The molecular weight excluding hydrogens is 276 g/mol. The highest BCUT2D eigenvalue weighted by Gasteiger charge is 2.36. The molecule has 1 N–H and O–H groups in total. The Morgan fingerprint density at radius 2 is 1.91 bits per heavy atom. The molecule has 0 bridgehead atoms. The molecular formula is C18H22N2O2. The summed E-state index contributed by atoms with van der Waals surface area (Å²) in [5.74, 6) is 0.922. The van der Waals surface area contributed by atoms with E-state index in [2.05, 4.69) is 16.9 Å². The average molecular weight is 298 g/mol. The number of phenols is 1. The Balaban J connectivity index is 2.06. The first-order valence-electron chi connectivity index (χ1n) is 7.89. The maximum absolute atomic E-state index is 10.5. The van der Waals surface area contributed by atoms with Gasteiger partial charge in [0, 0.05) is 12.4 Å². The zero-order chi connectivity index (χ0) is 15.7. The molecule has 0 atom stereocenters. The number of hydrogen-bond acceptors (Lipinski definition) is 4. The normalized spacial score (nSPS) is 14.9. The lowest BCUT2D eigenvalue weighted by molar-refractivity contribution is 0.0993. The number of rotatable bonds is 4. The molecule has 0 radical (unpaired) electrons. The second kappa shape index (κ2) is 5.59. The van der Waals surface area contributed by atoms with Gasteiger partial charge in [0.2, 0.25) is 0 Å². The van der Waals surface area contributed by atoms with Crippen LogP contribution in [0.4, 0.5) is 0 Å². The van der Waals surface area contributed by atoms with Gasteiger partial charge in [0.25, 0.3) is 0 Å². The number of ether oxygens (including phenoxy) is 1. The van der Waals surface area contributed by atoms with Crippen LogP contribution in [0.25, 0.3) is 11.3 Å². The summed E-state index contributed by atoms with van der Waals surface area (Å²) in [5, 5.41) is 10.5. The number of unbranched alkanes of at least 4 members (excludes halogenated alkanes) is 2. The van der Waals surface area contributed by atoms with Crippen molar-refractivity contribution in [1.82, 2.24) is 9.97 Å². The van der Waals surface area contributed by atoms with E-state index in [0.717, 1.165) is 24.1 Å². The minimum absolute atomic E-state index is 0.223. The van der Waals surface area contributed by atoms with Gasteiger partial charge in [-0.15, -0.1) is 0 Å². The average Bonchev–Trinajstić information content (AvgIpc) is 2.46. The molecule has 0 spiro atoms. The lowest BCUT2D eigenvalue weighted by atomic mass is 9.92. The van der Waals surface area contributed by atoms with Crippen LogP contribution in [0.1, 0.15) is 51.3 Å². The molecule has 22 heavy (non-hydrogen) atoms. The van der Waals surface area contributed by atoms with E-state index in [4.69, 9.17) is 4.74 Å². The first-order valence-corrected chi connectivity index (χ1v) is 7.89. The van der Waals surface area contributed by atoms with Crippen LogP contribution in [0.15, 0.2) is 24.5 Å². The van der Waals surface area contributed by atoms with Crippen molar-refractivity contribution in [2.45, 2.75) is 52.1 Å². The fourth-order valence-corrected chi connectivity index (χ4v) is 2.98. The lowest BCUT2D eigenvalue weighted by Gasteiger charge is -2.33. The minimum atomic E-state index is -0.551. The number of aryl methyl sites for hydroxylation is 1. The summed E-state index contributed by atoms with van der Waals surface area (Å²) in [4.78, 5) is 8.82. The van der Waals surface area contributed by atoms with Crippen LogP contribution < -0.4 is 4.74 Å². The van der Waals surface area contributed by atoms with Crippen molar-refractivity contribution in [3.63, 3.8) is 0 Å². The standard InChI is InChI=1S/C18H22N2O2/c1-4-5-6-7-12-10-13(21)15-14(11-12)22-18(2,3)17-16(15)19-8-9-20-17/h8-11,21H,4-7H2,1-3H3.